The number of aliphatic hydroxyl groups is 3. The van der Waals surface area contributed by atoms with Crippen molar-refractivity contribution < 1.29 is 43.0 Å². The van der Waals surface area contributed by atoms with Crippen molar-refractivity contribution in [2.75, 3.05) is 0 Å². The summed E-state index contributed by atoms with van der Waals surface area (Å²) in [6.07, 6.45) is 1.36. The number of carbonyl (C=O) groups is 2. The number of benzene rings is 1. The fraction of sp³-hybridized carbons (Fsp3) is 0.300. The van der Waals surface area contributed by atoms with Crippen molar-refractivity contribution in [2.24, 2.45) is 17.6 Å². The number of Topliss-reactive ketones (excluding diaryl/α,β-unsaturated/α-hetero) is 1. The van der Waals surface area contributed by atoms with Gasteiger partial charge in [-0.1, -0.05) is 11.6 Å². The van der Waals surface area contributed by atoms with Gasteiger partial charge in [0.15, 0.2) is 0 Å². The lowest BCUT2D eigenvalue weighted by Crippen LogP contribution is -2.51. The smallest absolute Gasteiger partial charge is 0.298 e. The first kappa shape index (κ1) is 22.3. The van der Waals surface area contributed by atoms with Crippen LogP contribution >= 0.6 is 11.6 Å². The molecule has 3 aliphatic rings. The number of rotatable bonds is 2. The Morgan fingerprint density at radius 3 is 2.44 bits per heavy atom. The molecule has 3 atom stereocenters. The summed E-state index contributed by atoms with van der Waals surface area (Å²) in [6.45, 7) is 1.18. The van der Waals surface area contributed by atoms with Gasteiger partial charge in [-0.15, -0.1) is 0 Å². The van der Waals surface area contributed by atoms with E-state index in [1.807, 2.05) is 0 Å². The van der Waals surface area contributed by atoms with Crippen molar-refractivity contribution in [3.05, 3.63) is 50.5 Å². The summed E-state index contributed by atoms with van der Waals surface area (Å²) in [5.74, 6) is -5.94. The summed E-state index contributed by atoms with van der Waals surface area (Å²) >= 11 is 6.12. The molecule has 1 amide bonds. The topological polar surface area (TPSA) is 195 Å². The number of allylic oxidation sites excluding steroid dienone is 3. The molecule has 0 aliphatic heterocycles. The first-order valence-electron chi connectivity index (χ1n) is 9.34. The van der Waals surface area contributed by atoms with E-state index < -0.39 is 72.5 Å². The Morgan fingerprint density at radius 1 is 1.25 bits per heavy atom. The zero-order valence-corrected chi connectivity index (χ0v) is 18.0. The van der Waals surface area contributed by atoms with E-state index in [1.165, 1.54) is 13.0 Å². The number of aromatic hydroxyl groups is 1. The first-order chi connectivity index (χ1) is 14.7. The highest BCUT2D eigenvalue weighted by Gasteiger charge is 2.54. The van der Waals surface area contributed by atoms with E-state index in [9.17, 15) is 43.0 Å². The van der Waals surface area contributed by atoms with E-state index in [-0.39, 0.29) is 34.6 Å². The van der Waals surface area contributed by atoms with Gasteiger partial charge in [0.1, 0.15) is 27.8 Å². The number of carbonyl (C=O) groups excluding carboxylic acids is 2. The number of phenols is 1. The van der Waals surface area contributed by atoms with Gasteiger partial charge in [0, 0.05) is 12.0 Å². The van der Waals surface area contributed by atoms with Crippen molar-refractivity contribution in [1.29, 1.82) is 0 Å². The minimum Gasteiger partial charge on any atom is -0.512 e. The molecule has 0 heterocycles. The van der Waals surface area contributed by atoms with Crippen molar-refractivity contribution in [3.63, 3.8) is 0 Å². The summed E-state index contributed by atoms with van der Waals surface area (Å²) in [6, 6.07) is 0.800. The Morgan fingerprint density at radius 2 is 1.88 bits per heavy atom. The highest BCUT2D eigenvalue weighted by Crippen LogP contribution is 2.53. The highest BCUT2D eigenvalue weighted by molar-refractivity contribution is 7.86. The monoisotopic (exact) mass is 483 g/mol. The quantitative estimate of drug-likeness (QED) is 0.339. The molecule has 10 nitrogen and oxygen atoms in total. The fourth-order valence-corrected chi connectivity index (χ4v) is 5.98. The van der Waals surface area contributed by atoms with E-state index in [1.54, 1.807) is 0 Å². The molecule has 0 aromatic heterocycles. The summed E-state index contributed by atoms with van der Waals surface area (Å²) in [5.41, 5.74) is 2.13. The van der Waals surface area contributed by atoms with E-state index in [0.29, 0.717) is 0 Å². The van der Waals surface area contributed by atoms with Crippen LogP contribution < -0.4 is 5.73 Å². The average molecular weight is 484 g/mol. The molecule has 32 heavy (non-hydrogen) atoms. The first-order valence-corrected chi connectivity index (χ1v) is 11.2. The number of phenolic OH excluding ortho intramolecular Hbond substituents is 1. The van der Waals surface area contributed by atoms with E-state index in [2.05, 4.69) is 0 Å². The molecule has 0 fully saturated rings. The lowest BCUT2D eigenvalue weighted by molar-refractivity contribution is -0.119. The predicted molar refractivity (Wildman–Crippen MR) is 111 cm³/mol. The Kier molecular flexibility index (Phi) is 4.76. The normalized spacial score (nSPS) is 27.5. The van der Waals surface area contributed by atoms with E-state index >= 15 is 0 Å². The predicted octanol–water partition coefficient (Wildman–Crippen LogP) is 1.77. The third-order valence-corrected chi connectivity index (χ3v) is 7.41. The van der Waals surface area contributed by atoms with Crippen molar-refractivity contribution in [1.82, 2.24) is 0 Å². The third-order valence-electron chi connectivity index (χ3n) is 6.23. The average Bonchev–Trinajstić information content (AvgIpc) is 2.61. The van der Waals surface area contributed by atoms with Crippen molar-refractivity contribution in [2.45, 2.75) is 30.3 Å². The van der Waals surface area contributed by atoms with E-state index in [0.717, 1.165) is 6.07 Å². The summed E-state index contributed by atoms with van der Waals surface area (Å²) in [7, 11) is -4.93. The van der Waals surface area contributed by atoms with Gasteiger partial charge >= 0.3 is 0 Å². The summed E-state index contributed by atoms with van der Waals surface area (Å²) in [5, 5.41) is 42.5. The number of aliphatic hydroxyl groups excluding tert-OH is 2. The summed E-state index contributed by atoms with van der Waals surface area (Å²) in [4.78, 5) is 24.1. The number of hydrogen-bond acceptors (Lipinski definition) is 8. The Bertz CT molecular complexity index is 1320. The van der Waals surface area contributed by atoms with Crippen LogP contribution in [0.2, 0.25) is 5.02 Å². The van der Waals surface area contributed by atoms with Gasteiger partial charge in [-0.05, 0) is 37.0 Å². The minimum atomic E-state index is -4.93. The lowest BCUT2D eigenvalue weighted by Gasteiger charge is -2.46. The molecule has 0 saturated carbocycles. The van der Waals surface area contributed by atoms with E-state index in [4.69, 9.17) is 17.3 Å². The fourth-order valence-electron chi connectivity index (χ4n) is 5.04. The second kappa shape index (κ2) is 6.82. The maximum Gasteiger partial charge on any atom is 0.298 e. The van der Waals surface area contributed by atoms with Crippen LogP contribution in [-0.4, -0.2) is 50.7 Å². The van der Waals surface area contributed by atoms with Crippen LogP contribution in [0.25, 0.3) is 6.08 Å². The van der Waals surface area contributed by atoms with Crippen LogP contribution in [0.1, 0.15) is 35.7 Å². The Balaban J connectivity index is 1.97. The van der Waals surface area contributed by atoms with Crippen LogP contribution in [0.5, 0.6) is 5.75 Å². The van der Waals surface area contributed by atoms with Gasteiger partial charge in [0.2, 0.25) is 5.78 Å². The van der Waals surface area contributed by atoms with Crippen LogP contribution in [0.3, 0.4) is 0 Å². The van der Waals surface area contributed by atoms with Crippen molar-refractivity contribution >= 4 is 39.5 Å². The number of primary amides is 1. The number of ketones is 1. The molecular formula is C20H18ClNO9S. The summed E-state index contributed by atoms with van der Waals surface area (Å²) < 4.78 is 32.5. The van der Waals surface area contributed by atoms with Crippen molar-refractivity contribution in [3.8, 4) is 5.75 Å². The molecule has 12 heteroatoms. The molecule has 170 valence electrons. The number of amides is 1. The van der Waals surface area contributed by atoms with Crippen LogP contribution in [0, 0.1) is 11.8 Å². The van der Waals surface area contributed by atoms with Gasteiger partial charge in [-0.3, -0.25) is 14.1 Å². The molecule has 0 saturated heterocycles. The molecule has 0 bridgehead atoms. The van der Waals surface area contributed by atoms with Gasteiger partial charge < -0.3 is 26.2 Å². The standard InChI is InChI=1S/C20H18ClNO9S/c1-20(28)14-7(4-10(23)15(20)19(22)27)2-6-3-8-9(21)5-11(32(29,30)31)16(24)13(8)17(25)12(6)18(14)26/h3,5,7,14,23-24,26,28H,2,4H2,1H3,(H2,22,27)(H,29,30,31). The minimum absolute atomic E-state index is 0.00766. The molecule has 7 N–H and O–H groups in total. The van der Waals surface area contributed by atoms with Gasteiger partial charge in [-0.2, -0.15) is 8.42 Å². The Labute approximate surface area is 186 Å². The molecular weight excluding hydrogens is 466 g/mol. The second-order valence-electron chi connectivity index (χ2n) is 8.21. The van der Waals surface area contributed by atoms with Crippen LogP contribution in [-0.2, 0) is 14.9 Å². The number of fused-ring (bicyclic) bond motifs is 3. The molecule has 0 spiro atoms. The molecule has 1 aromatic carbocycles. The molecule has 3 unspecified atom stereocenters. The number of halogens is 1. The maximum atomic E-state index is 13.3. The highest BCUT2D eigenvalue weighted by atomic mass is 35.5. The third kappa shape index (κ3) is 2.96. The largest absolute Gasteiger partial charge is 0.512 e. The zero-order valence-electron chi connectivity index (χ0n) is 16.5. The second-order valence-corrected chi connectivity index (χ2v) is 10.0. The van der Waals surface area contributed by atoms with Crippen LogP contribution in [0.4, 0.5) is 0 Å². The number of nitrogens with two attached hydrogens (primary N) is 1. The Hall–Kier alpha value is -2.86. The van der Waals surface area contributed by atoms with Gasteiger partial charge in [0.05, 0.1) is 27.7 Å². The zero-order chi connectivity index (χ0) is 23.9. The molecule has 3 aliphatic carbocycles. The van der Waals surface area contributed by atoms with Crippen LogP contribution in [0.15, 0.2) is 39.2 Å². The number of hydrogen-bond donors (Lipinski definition) is 6. The molecule has 1 aromatic rings. The molecule has 4 rings (SSSR count). The molecule has 0 radical (unpaired) electrons. The van der Waals surface area contributed by atoms with Gasteiger partial charge in [0.25, 0.3) is 16.0 Å². The van der Waals surface area contributed by atoms with Gasteiger partial charge in [-0.25, -0.2) is 0 Å². The maximum absolute atomic E-state index is 13.3. The lowest BCUT2D eigenvalue weighted by atomic mass is 9.61. The SMILES string of the molecule is CC1(O)C(C(N)=O)=C(O)CC2CC3=Cc4c(Cl)cc(S(=O)(=O)O)c(O)c4C(=O)C3=C(O)C21.